The van der Waals surface area contributed by atoms with E-state index >= 15 is 0 Å². The number of aryl methyl sites for hydroxylation is 1. The standard InChI is InChI=1S/C14H15ClN6O/c1-7(12-18-14(16)20-19-12)17-13(22)11-5-8-3-4-9(15)6-10(8)21(11)2/h3-7H,1-2H3,(H,17,22)(H3,16,18,19,20)/t7-/m0/s1. The van der Waals surface area contributed by atoms with Gasteiger partial charge in [0.05, 0.1) is 6.04 Å². The number of nitrogens with one attached hydrogen (secondary N) is 2. The molecule has 0 spiro atoms. The van der Waals surface area contributed by atoms with Gasteiger partial charge in [0.2, 0.25) is 5.95 Å². The number of amides is 1. The van der Waals surface area contributed by atoms with Crippen molar-refractivity contribution in [3.05, 3.63) is 40.8 Å². The van der Waals surface area contributed by atoms with Crippen LogP contribution in [0, 0.1) is 0 Å². The molecule has 0 radical (unpaired) electrons. The minimum Gasteiger partial charge on any atom is -0.367 e. The average molecular weight is 319 g/mol. The Morgan fingerprint density at radius 2 is 2.23 bits per heavy atom. The summed E-state index contributed by atoms with van der Waals surface area (Å²) in [5.74, 6) is 0.445. The van der Waals surface area contributed by atoms with Gasteiger partial charge in [0.15, 0.2) is 0 Å². The normalized spacial score (nSPS) is 12.5. The molecule has 7 nitrogen and oxygen atoms in total. The van der Waals surface area contributed by atoms with Gasteiger partial charge in [-0.2, -0.15) is 4.98 Å². The highest BCUT2D eigenvalue weighted by atomic mass is 35.5. The molecule has 8 heteroatoms. The van der Waals surface area contributed by atoms with Crippen molar-refractivity contribution >= 4 is 34.4 Å². The molecule has 4 N–H and O–H groups in total. The zero-order chi connectivity index (χ0) is 15.9. The molecule has 0 saturated heterocycles. The Morgan fingerprint density at radius 3 is 2.91 bits per heavy atom. The monoisotopic (exact) mass is 318 g/mol. The highest BCUT2D eigenvalue weighted by molar-refractivity contribution is 6.31. The molecular weight excluding hydrogens is 304 g/mol. The van der Waals surface area contributed by atoms with E-state index in [4.69, 9.17) is 17.3 Å². The minimum absolute atomic E-state index is 0.148. The third-order valence-electron chi connectivity index (χ3n) is 3.52. The molecule has 0 saturated carbocycles. The maximum Gasteiger partial charge on any atom is 0.268 e. The smallest absolute Gasteiger partial charge is 0.268 e. The van der Waals surface area contributed by atoms with Crippen molar-refractivity contribution in [1.82, 2.24) is 25.1 Å². The Bertz CT molecular complexity index is 852. The van der Waals surface area contributed by atoms with Crippen LogP contribution in [0.1, 0.15) is 29.3 Å². The number of aromatic amines is 1. The van der Waals surface area contributed by atoms with Gasteiger partial charge in [-0.1, -0.05) is 17.7 Å². The summed E-state index contributed by atoms with van der Waals surface area (Å²) < 4.78 is 1.80. The number of benzene rings is 1. The summed E-state index contributed by atoms with van der Waals surface area (Å²) in [6.07, 6.45) is 0. The summed E-state index contributed by atoms with van der Waals surface area (Å²) in [7, 11) is 1.82. The van der Waals surface area contributed by atoms with E-state index in [1.165, 1.54) is 0 Å². The molecule has 0 aliphatic rings. The molecule has 3 aromatic rings. The van der Waals surface area contributed by atoms with Crippen molar-refractivity contribution < 1.29 is 4.79 Å². The van der Waals surface area contributed by atoms with Crippen molar-refractivity contribution in [2.24, 2.45) is 7.05 Å². The SMILES string of the molecule is C[C@H](NC(=O)c1cc2ccc(Cl)cc2n1C)c1nc(N)n[nH]1. The summed E-state index contributed by atoms with van der Waals surface area (Å²) in [6, 6.07) is 7.00. The summed E-state index contributed by atoms with van der Waals surface area (Å²) in [5.41, 5.74) is 6.90. The predicted molar refractivity (Wildman–Crippen MR) is 84.6 cm³/mol. The Morgan fingerprint density at radius 1 is 1.45 bits per heavy atom. The van der Waals surface area contributed by atoms with Crippen molar-refractivity contribution in [2.75, 3.05) is 5.73 Å². The number of aromatic nitrogens is 4. The molecule has 0 unspecified atom stereocenters. The first-order valence-corrected chi connectivity index (χ1v) is 7.07. The van der Waals surface area contributed by atoms with Crippen LogP contribution >= 0.6 is 11.6 Å². The van der Waals surface area contributed by atoms with Crippen LogP contribution in [0.2, 0.25) is 5.02 Å². The first kappa shape index (κ1) is 14.4. The van der Waals surface area contributed by atoms with Gasteiger partial charge in [-0.3, -0.25) is 9.89 Å². The van der Waals surface area contributed by atoms with E-state index in [0.29, 0.717) is 16.5 Å². The number of H-pyrrole nitrogens is 1. The van der Waals surface area contributed by atoms with E-state index in [0.717, 1.165) is 10.9 Å². The first-order chi connectivity index (χ1) is 10.5. The lowest BCUT2D eigenvalue weighted by atomic mass is 10.2. The predicted octanol–water partition coefficient (Wildman–Crippen LogP) is 2.02. The number of anilines is 1. The van der Waals surface area contributed by atoms with E-state index in [2.05, 4.69) is 20.5 Å². The number of hydrogen-bond donors (Lipinski definition) is 3. The quantitative estimate of drug-likeness (QED) is 0.687. The van der Waals surface area contributed by atoms with Crippen LogP contribution in [0.3, 0.4) is 0 Å². The van der Waals surface area contributed by atoms with Crippen LogP contribution < -0.4 is 11.1 Å². The Balaban J connectivity index is 1.87. The van der Waals surface area contributed by atoms with Gasteiger partial charge in [-0.05, 0) is 25.1 Å². The van der Waals surface area contributed by atoms with Gasteiger partial charge in [-0.25, -0.2) is 0 Å². The number of carbonyl (C=O) groups is 1. The summed E-state index contributed by atoms with van der Waals surface area (Å²) >= 11 is 6.00. The highest BCUT2D eigenvalue weighted by Gasteiger charge is 2.18. The number of nitrogens with two attached hydrogens (primary N) is 1. The lowest BCUT2D eigenvalue weighted by molar-refractivity contribution is 0.0930. The van der Waals surface area contributed by atoms with Crippen LogP contribution in [0.4, 0.5) is 5.95 Å². The van der Waals surface area contributed by atoms with Gasteiger partial charge in [-0.15, -0.1) is 5.10 Å². The topological polar surface area (TPSA) is 102 Å². The highest BCUT2D eigenvalue weighted by Crippen LogP contribution is 2.23. The molecule has 1 aromatic carbocycles. The van der Waals surface area contributed by atoms with Crippen LogP contribution in [-0.4, -0.2) is 25.7 Å². The number of hydrogen-bond acceptors (Lipinski definition) is 4. The van der Waals surface area contributed by atoms with Crippen LogP contribution in [-0.2, 0) is 7.05 Å². The number of fused-ring (bicyclic) bond motifs is 1. The number of halogens is 1. The molecule has 0 aliphatic carbocycles. The maximum atomic E-state index is 12.5. The lowest BCUT2D eigenvalue weighted by Gasteiger charge is -2.11. The van der Waals surface area contributed by atoms with Crippen LogP contribution in [0.5, 0.6) is 0 Å². The second kappa shape index (κ2) is 5.34. The van der Waals surface area contributed by atoms with Crippen molar-refractivity contribution in [3.8, 4) is 0 Å². The average Bonchev–Trinajstić information content (AvgIpc) is 3.04. The van der Waals surface area contributed by atoms with Crippen LogP contribution in [0.15, 0.2) is 24.3 Å². The van der Waals surface area contributed by atoms with Crippen LogP contribution in [0.25, 0.3) is 10.9 Å². The maximum absolute atomic E-state index is 12.5. The van der Waals surface area contributed by atoms with Crippen molar-refractivity contribution in [3.63, 3.8) is 0 Å². The molecule has 1 amide bonds. The lowest BCUT2D eigenvalue weighted by Crippen LogP contribution is -2.28. The number of nitrogens with zero attached hydrogens (tertiary/aromatic N) is 3. The molecule has 0 fully saturated rings. The summed E-state index contributed by atoms with van der Waals surface area (Å²) in [5, 5.41) is 10.9. The fraction of sp³-hybridized carbons (Fsp3) is 0.214. The van der Waals surface area contributed by atoms with E-state index < -0.39 is 0 Å². The Kier molecular flexibility index (Phi) is 3.50. The molecular formula is C14H15ClN6O. The van der Waals surface area contributed by atoms with E-state index in [-0.39, 0.29) is 17.9 Å². The minimum atomic E-state index is -0.334. The Labute approximate surface area is 131 Å². The molecule has 1 atom stereocenters. The summed E-state index contributed by atoms with van der Waals surface area (Å²) in [6.45, 7) is 1.80. The largest absolute Gasteiger partial charge is 0.367 e. The molecule has 0 aliphatic heterocycles. The van der Waals surface area contributed by atoms with E-state index in [1.54, 1.807) is 17.6 Å². The summed E-state index contributed by atoms with van der Waals surface area (Å²) in [4.78, 5) is 16.5. The zero-order valence-electron chi connectivity index (χ0n) is 12.1. The molecule has 114 valence electrons. The molecule has 22 heavy (non-hydrogen) atoms. The van der Waals surface area contributed by atoms with Gasteiger partial charge >= 0.3 is 0 Å². The second-order valence-electron chi connectivity index (χ2n) is 5.07. The zero-order valence-corrected chi connectivity index (χ0v) is 12.8. The molecule has 2 aromatic heterocycles. The van der Waals surface area contributed by atoms with E-state index in [1.807, 2.05) is 25.2 Å². The van der Waals surface area contributed by atoms with Crippen molar-refractivity contribution in [2.45, 2.75) is 13.0 Å². The first-order valence-electron chi connectivity index (χ1n) is 6.69. The van der Waals surface area contributed by atoms with Gasteiger partial charge in [0.1, 0.15) is 11.5 Å². The van der Waals surface area contributed by atoms with Gasteiger partial charge in [0, 0.05) is 23.0 Å². The van der Waals surface area contributed by atoms with Crippen molar-refractivity contribution in [1.29, 1.82) is 0 Å². The molecule has 0 bridgehead atoms. The third-order valence-corrected chi connectivity index (χ3v) is 3.75. The van der Waals surface area contributed by atoms with E-state index in [9.17, 15) is 4.79 Å². The number of rotatable bonds is 3. The fourth-order valence-electron chi connectivity index (χ4n) is 2.34. The van der Waals surface area contributed by atoms with Gasteiger partial charge in [0.25, 0.3) is 5.91 Å². The second-order valence-corrected chi connectivity index (χ2v) is 5.50. The number of carbonyl (C=O) groups excluding carboxylic acids is 1. The van der Waals surface area contributed by atoms with Gasteiger partial charge < -0.3 is 15.6 Å². The Hall–Kier alpha value is -2.54. The number of nitrogen functional groups attached to an aromatic ring is 1. The molecule has 2 heterocycles. The molecule has 3 rings (SSSR count). The third kappa shape index (κ3) is 2.50. The fourth-order valence-corrected chi connectivity index (χ4v) is 2.51.